The fourth-order valence-corrected chi connectivity index (χ4v) is 3.13. The smallest absolute Gasteiger partial charge is 0.189 e. The molecule has 1 heterocycles. The summed E-state index contributed by atoms with van der Waals surface area (Å²) in [7, 11) is 0. The Morgan fingerprint density at radius 2 is 2.00 bits per heavy atom. The molecule has 138 valence electrons. The van der Waals surface area contributed by atoms with E-state index in [1.807, 2.05) is 36.4 Å². The van der Waals surface area contributed by atoms with Gasteiger partial charge >= 0.3 is 0 Å². The molecule has 3 rings (SSSR count). The number of guanidine groups is 1. The van der Waals surface area contributed by atoms with Crippen molar-refractivity contribution in [2.75, 3.05) is 19.8 Å². The van der Waals surface area contributed by atoms with Crippen LogP contribution in [0.25, 0.3) is 0 Å². The molecule has 0 saturated heterocycles. The van der Waals surface area contributed by atoms with E-state index in [9.17, 15) is 0 Å². The number of benzene rings is 2. The minimum absolute atomic E-state index is 0.131. The van der Waals surface area contributed by atoms with Crippen molar-refractivity contribution in [3.63, 3.8) is 0 Å². The number of hydrogen-bond donors (Lipinski definition) is 2. The number of para-hydroxylation sites is 2. The van der Waals surface area contributed by atoms with Crippen LogP contribution < -0.4 is 20.5 Å². The Morgan fingerprint density at radius 1 is 1.23 bits per heavy atom. The predicted octanol–water partition coefficient (Wildman–Crippen LogP) is 3.62. The van der Waals surface area contributed by atoms with Gasteiger partial charge in [0.2, 0.25) is 0 Å². The second-order valence-electron chi connectivity index (χ2n) is 6.68. The van der Waals surface area contributed by atoms with Crippen molar-refractivity contribution in [2.45, 2.75) is 32.2 Å². The summed E-state index contributed by atoms with van der Waals surface area (Å²) >= 11 is 0. The van der Waals surface area contributed by atoms with Crippen molar-refractivity contribution in [1.82, 2.24) is 5.32 Å². The van der Waals surface area contributed by atoms with E-state index in [2.05, 4.69) is 36.3 Å². The monoisotopic (exact) mass is 353 g/mol. The summed E-state index contributed by atoms with van der Waals surface area (Å²) in [5.74, 6) is 2.70. The van der Waals surface area contributed by atoms with Crippen LogP contribution in [0.1, 0.15) is 43.4 Å². The topological polar surface area (TPSA) is 68.9 Å². The molecule has 1 aliphatic rings. The molecule has 0 aliphatic carbocycles. The molecule has 0 spiro atoms. The standard InChI is InChI=1S/C21H27N3O2/c1-15(2)16-7-3-5-9-19(16)26-14-12-23-21(22)24-18-11-13-25-20-10-6-4-8-17(18)20/h3-10,15,18H,11-14H2,1-2H3,(H3,22,23,24). The second-order valence-corrected chi connectivity index (χ2v) is 6.68. The first-order valence-corrected chi connectivity index (χ1v) is 9.15. The zero-order valence-electron chi connectivity index (χ0n) is 15.4. The fourth-order valence-electron chi connectivity index (χ4n) is 3.13. The lowest BCUT2D eigenvalue weighted by atomic mass is 10.0. The van der Waals surface area contributed by atoms with Gasteiger partial charge in [0.05, 0.1) is 19.2 Å². The highest BCUT2D eigenvalue weighted by Crippen LogP contribution is 2.31. The summed E-state index contributed by atoms with van der Waals surface area (Å²) in [6.45, 7) is 6.01. The second kappa shape index (κ2) is 8.61. The number of nitrogens with two attached hydrogens (primary N) is 1. The molecule has 1 unspecified atom stereocenters. The van der Waals surface area contributed by atoms with Gasteiger partial charge in [0.1, 0.15) is 18.1 Å². The quantitative estimate of drug-likeness (QED) is 0.473. The van der Waals surface area contributed by atoms with Gasteiger partial charge in [-0.3, -0.25) is 0 Å². The van der Waals surface area contributed by atoms with Crippen molar-refractivity contribution in [3.05, 3.63) is 59.7 Å². The van der Waals surface area contributed by atoms with Gasteiger partial charge in [-0.15, -0.1) is 0 Å². The number of ether oxygens (including phenoxy) is 2. The first-order chi connectivity index (χ1) is 12.6. The maximum Gasteiger partial charge on any atom is 0.189 e. The summed E-state index contributed by atoms with van der Waals surface area (Å²) in [4.78, 5) is 4.40. The van der Waals surface area contributed by atoms with Gasteiger partial charge in [-0.05, 0) is 23.6 Å². The van der Waals surface area contributed by atoms with E-state index in [1.165, 1.54) is 5.56 Å². The van der Waals surface area contributed by atoms with Crippen LogP contribution in [0.2, 0.25) is 0 Å². The average molecular weight is 353 g/mol. The lowest BCUT2D eigenvalue weighted by Gasteiger charge is -2.26. The van der Waals surface area contributed by atoms with Crippen molar-refractivity contribution in [2.24, 2.45) is 10.7 Å². The molecular formula is C21H27N3O2. The molecule has 5 nitrogen and oxygen atoms in total. The maximum absolute atomic E-state index is 6.06. The lowest BCUT2D eigenvalue weighted by molar-refractivity contribution is 0.262. The van der Waals surface area contributed by atoms with Gasteiger partial charge in [-0.1, -0.05) is 50.2 Å². The third-order valence-electron chi connectivity index (χ3n) is 4.45. The Balaban J connectivity index is 1.52. The van der Waals surface area contributed by atoms with Gasteiger partial charge in [-0.25, -0.2) is 4.99 Å². The van der Waals surface area contributed by atoms with E-state index < -0.39 is 0 Å². The number of nitrogens with zero attached hydrogens (tertiary/aromatic N) is 1. The summed E-state index contributed by atoms with van der Waals surface area (Å²) in [6, 6.07) is 16.3. The van der Waals surface area contributed by atoms with E-state index in [0.29, 0.717) is 31.6 Å². The third kappa shape index (κ3) is 4.48. The maximum atomic E-state index is 6.06. The highest BCUT2D eigenvalue weighted by Gasteiger charge is 2.21. The number of rotatable bonds is 6. The van der Waals surface area contributed by atoms with Gasteiger partial charge in [0.15, 0.2) is 5.96 Å². The van der Waals surface area contributed by atoms with Crippen LogP contribution in [0.15, 0.2) is 53.5 Å². The van der Waals surface area contributed by atoms with Crippen LogP contribution >= 0.6 is 0 Å². The Bertz CT molecular complexity index is 758. The first kappa shape index (κ1) is 18.1. The molecule has 0 amide bonds. The van der Waals surface area contributed by atoms with Crippen molar-refractivity contribution in [3.8, 4) is 11.5 Å². The largest absolute Gasteiger partial charge is 0.493 e. The van der Waals surface area contributed by atoms with Crippen LogP contribution in [0.4, 0.5) is 0 Å². The van der Waals surface area contributed by atoms with E-state index in [1.54, 1.807) is 0 Å². The van der Waals surface area contributed by atoms with Crippen LogP contribution in [0.5, 0.6) is 11.5 Å². The molecule has 0 bridgehead atoms. The zero-order valence-corrected chi connectivity index (χ0v) is 15.4. The summed E-state index contributed by atoms with van der Waals surface area (Å²) in [6.07, 6.45) is 0.867. The average Bonchev–Trinajstić information content (AvgIpc) is 2.66. The van der Waals surface area contributed by atoms with E-state index in [-0.39, 0.29) is 6.04 Å². The van der Waals surface area contributed by atoms with Crippen molar-refractivity contribution >= 4 is 5.96 Å². The van der Waals surface area contributed by atoms with Gasteiger partial charge in [-0.2, -0.15) is 0 Å². The number of hydrogen-bond acceptors (Lipinski definition) is 3. The molecule has 0 fully saturated rings. The van der Waals surface area contributed by atoms with Crippen LogP contribution in [-0.2, 0) is 0 Å². The molecule has 0 saturated carbocycles. The van der Waals surface area contributed by atoms with Gasteiger partial charge < -0.3 is 20.5 Å². The van der Waals surface area contributed by atoms with Crippen LogP contribution in [0.3, 0.4) is 0 Å². The number of nitrogens with one attached hydrogen (secondary N) is 1. The minimum atomic E-state index is 0.131. The van der Waals surface area contributed by atoms with Crippen molar-refractivity contribution in [1.29, 1.82) is 0 Å². The molecule has 3 N–H and O–H groups in total. The molecule has 5 heteroatoms. The minimum Gasteiger partial charge on any atom is -0.493 e. The zero-order chi connectivity index (χ0) is 18.4. The summed E-state index contributed by atoms with van der Waals surface area (Å²) in [5.41, 5.74) is 8.40. The fraction of sp³-hybridized carbons (Fsp3) is 0.381. The highest BCUT2D eigenvalue weighted by atomic mass is 16.5. The molecule has 1 aliphatic heterocycles. The molecule has 2 aromatic rings. The van der Waals surface area contributed by atoms with Crippen molar-refractivity contribution < 1.29 is 9.47 Å². The molecule has 1 atom stereocenters. The summed E-state index contributed by atoms with van der Waals surface area (Å²) < 4.78 is 11.6. The number of fused-ring (bicyclic) bond motifs is 1. The van der Waals surface area contributed by atoms with Gasteiger partial charge in [0.25, 0.3) is 0 Å². The normalized spacial score (nSPS) is 16.7. The Hall–Kier alpha value is -2.69. The van der Waals surface area contributed by atoms with Gasteiger partial charge in [0, 0.05) is 12.0 Å². The van der Waals surface area contributed by atoms with E-state index in [0.717, 1.165) is 23.5 Å². The Kier molecular flexibility index (Phi) is 6.00. The molecular weight excluding hydrogens is 326 g/mol. The third-order valence-corrected chi connectivity index (χ3v) is 4.45. The highest BCUT2D eigenvalue weighted by molar-refractivity contribution is 5.78. The predicted molar refractivity (Wildman–Crippen MR) is 105 cm³/mol. The SMILES string of the molecule is CC(C)c1ccccc1OCCN=C(N)NC1CCOc2ccccc21. The summed E-state index contributed by atoms with van der Waals surface area (Å²) in [5, 5.41) is 3.30. The van der Waals surface area contributed by atoms with E-state index >= 15 is 0 Å². The Morgan fingerprint density at radius 3 is 2.85 bits per heavy atom. The molecule has 0 radical (unpaired) electrons. The van der Waals surface area contributed by atoms with Crippen LogP contribution in [-0.4, -0.2) is 25.7 Å². The van der Waals surface area contributed by atoms with E-state index in [4.69, 9.17) is 15.2 Å². The van der Waals surface area contributed by atoms with Crippen LogP contribution in [0, 0.1) is 0 Å². The lowest BCUT2D eigenvalue weighted by Crippen LogP contribution is -2.37. The molecule has 26 heavy (non-hydrogen) atoms. The molecule has 0 aromatic heterocycles. The first-order valence-electron chi connectivity index (χ1n) is 9.15. The number of aliphatic imine (C=N–C) groups is 1. The Labute approximate surface area is 155 Å². The molecule has 2 aromatic carbocycles.